The van der Waals surface area contributed by atoms with Crippen LogP contribution in [-0.4, -0.2) is 102 Å². The molecule has 3 rings (SSSR count). The summed E-state index contributed by atoms with van der Waals surface area (Å²) >= 11 is 0. The molecule has 9 heteroatoms. The molecule has 2 unspecified atom stereocenters. The van der Waals surface area contributed by atoms with Gasteiger partial charge in [-0.2, -0.15) is 5.10 Å². The second-order valence-corrected chi connectivity index (χ2v) is 7.99. The van der Waals surface area contributed by atoms with Crippen LogP contribution in [0.25, 0.3) is 0 Å². The van der Waals surface area contributed by atoms with Crippen LogP contribution in [0.5, 0.6) is 0 Å². The predicted molar refractivity (Wildman–Crippen MR) is 113 cm³/mol. The summed E-state index contributed by atoms with van der Waals surface area (Å²) < 4.78 is 7.76. The van der Waals surface area contributed by atoms with Gasteiger partial charge in [0.1, 0.15) is 12.6 Å². The van der Waals surface area contributed by atoms with Gasteiger partial charge in [0.05, 0.1) is 19.3 Å². The van der Waals surface area contributed by atoms with Gasteiger partial charge in [0.15, 0.2) is 5.96 Å². The summed E-state index contributed by atoms with van der Waals surface area (Å²) in [6, 6.07) is 0.518. The summed E-state index contributed by atoms with van der Waals surface area (Å²) in [7, 11) is 5.43. The van der Waals surface area contributed by atoms with Gasteiger partial charge in [-0.15, -0.1) is 0 Å². The molecule has 0 aromatic carbocycles. The van der Waals surface area contributed by atoms with Crippen molar-refractivity contribution >= 4 is 11.9 Å². The van der Waals surface area contributed by atoms with Crippen LogP contribution in [0.1, 0.15) is 31.4 Å². The highest BCUT2D eigenvalue weighted by molar-refractivity contribution is 5.85. The third-order valence-electron chi connectivity index (χ3n) is 5.73. The largest absolute Gasteiger partial charge is 0.370 e. The highest BCUT2D eigenvalue weighted by Gasteiger charge is 2.27. The fourth-order valence-electron chi connectivity index (χ4n) is 3.95. The standard InChI is InChI=1S/C20H35N7O2/c1-5-26-8-6-7-17(26)12-21-20(22-13-19(28)24(2)3)27-9-10-29-18(15-27)16-11-23-25(4)14-16/h11,14,17-18H,5-10,12-13,15H2,1-4H3,(H,21,22). The molecule has 2 saturated heterocycles. The first kappa shape index (κ1) is 21.6. The number of hydrogen-bond acceptors (Lipinski definition) is 5. The second kappa shape index (κ2) is 10.1. The van der Waals surface area contributed by atoms with Crippen LogP contribution in [0.3, 0.4) is 0 Å². The van der Waals surface area contributed by atoms with E-state index in [0.29, 0.717) is 19.2 Å². The Morgan fingerprint density at radius 3 is 2.93 bits per heavy atom. The Morgan fingerprint density at radius 1 is 1.41 bits per heavy atom. The van der Waals surface area contributed by atoms with Crippen LogP contribution in [0.2, 0.25) is 0 Å². The second-order valence-electron chi connectivity index (χ2n) is 7.99. The Balaban J connectivity index is 1.69. The zero-order valence-electron chi connectivity index (χ0n) is 18.2. The number of aryl methyl sites for hydroxylation is 1. The molecule has 1 amide bonds. The number of nitrogens with one attached hydrogen (secondary N) is 1. The molecule has 1 aromatic rings. The number of aliphatic imine (C=N–C) groups is 1. The number of likely N-dealkylation sites (tertiary alicyclic amines) is 1. The molecule has 0 bridgehead atoms. The third kappa shape index (κ3) is 5.70. The summed E-state index contributed by atoms with van der Waals surface area (Å²) in [5.41, 5.74) is 1.06. The number of morpholine rings is 1. The summed E-state index contributed by atoms with van der Waals surface area (Å²) in [5, 5.41) is 7.82. The fourth-order valence-corrected chi connectivity index (χ4v) is 3.95. The summed E-state index contributed by atoms with van der Waals surface area (Å²) in [5.74, 6) is 0.790. The number of nitrogens with zero attached hydrogens (tertiary/aromatic N) is 6. The van der Waals surface area contributed by atoms with E-state index in [9.17, 15) is 4.79 Å². The highest BCUT2D eigenvalue weighted by atomic mass is 16.5. The van der Waals surface area contributed by atoms with Crippen molar-refractivity contribution in [1.82, 2.24) is 29.8 Å². The van der Waals surface area contributed by atoms with Crippen LogP contribution in [0.4, 0.5) is 0 Å². The maximum Gasteiger partial charge on any atom is 0.243 e. The number of guanidine groups is 1. The van der Waals surface area contributed by atoms with Crippen molar-refractivity contribution in [2.24, 2.45) is 12.0 Å². The molecule has 162 valence electrons. The smallest absolute Gasteiger partial charge is 0.243 e. The lowest BCUT2D eigenvalue weighted by molar-refractivity contribution is -0.127. The normalized spacial score (nSPS) is 23.4. The minimum atomic E-state index is -0.0485. The van der Waals surface area contributed by atoms with Gasteiger partial charge >= 0.3 is 0 Å². The molecule has 1 aromatic heterocycles. The van der Waals surface area contributed by atoms with Crippen molar-refractivity contribution in [2.45, 2.75) is 31.9 Å². The van der Waals surface area contributed by atoms with Crippen molar-refractivity contribution in [3.63, 3.8) is 0 Å². The van der Waals surface area contributed by atoms with Gasteiger partial charge in [0.25, 0.3) is 0 Å². The monoisotopic (exact) mass is 405 g/mol. The van der Waals surface area contributed by atoms with E-state index in [-0.39, 0.29) is 18.6 Å². The molecule has 3 heterocycles. The zero-order chi connectivity index (χ0) is 20.8. The van der Waals surface area contributed by atoms with E-state index >= 15 is 0 Å². The lowest BCUT2D eigenvalue weighted by atomic mass is 10.1. The number of rotatable bonds is 6. The van der Waals surface area contributed by atoms with Crippen LogP contribution >= 0.6 is 0 Å². The molecule has 1 N–H and O–H groups in total. The van der Waals surface area contributed by atoms with E-state index in [2.05, 4.69) is 32.1 Å². The number of likely N-dealkylation sites (N-methyl/N-ethyl adjacent to an activating group) is 2. The van der Waals surface area contributed by atoms with Gasteiger partial charge in [0, 0.05) is 52.0 Å². The molecule has 2 aliphatic heterocycles. The minimum absolute atomic E-state index is 0.00239. The maximum absolute atomic E-state index is 12.1. The van der Waals surface area contributed by atoms with Gasteiger partial charge < -0.3 is 19.9 Å². The predicted octanol–water partition coefficient (Wildman–Crippen LogP) is 0.312. The van der Waals surface area contributed by atoms with Crippen LogP contribution < -0.4 is 5.32 Å². The van der Waals surface area contributed by atoms with E-state index in [0.717, 1.165) is 37.7 Å². The lowest BCUT2D eigenvalue weighted by Crippen LogP contribution is -2.51. The average molecular weight is 406 g/mol. The summed E-state index contributed by atoms with van der Waals surface area (Å²) in [6.45, 7) is 7.49. The van der Waals surface area contributed by atoms with Crippen LogP contribution in [0.15, 0.2) is 17.4 Å². The van der Waals surface area contributed by atoms with Crippen molar-refractivity contribution in [1.29, 1.82) is 0 Å². The molecular weight excluding hydrogens is 370 g/mol. The first-order chi connectivity index (χ1) is 14.0. The van der Waals surface area contributed by atoms with E-state index in [1.54, 1.807) is 23.7 Å². The molecular formula is C20H35N7O2. The number of amides is 1. The van der Waals surface area contributed by atoms with Gasteiger partial charge in [-0.3, -0.25) is 14.4 Å². The Kier molecular flexibility index (Phi) is 7.49. The number of aromatic nitrogens is 2. The topological polar surface area (TPSA) is 78.2 Å². The van der Waals surface area contributed by atoms with Gasteiger partial charge in [0.2, 0.25) is 5.91 Å². The number of hydrogen-bond donors (Lipinski definition) is 1. The quantitative estimate of drug-likeness (QED) is 0.542. The zero-order valence-corrected chi connectivity index (χ0v) is 18.2. The van der Waals surface area contributed by atoms with Crippen LogP contribution in [0, 0.1) is 0 Å². The van der Waals surface area contributed by atoms with Crippen LogP contribution in [-0.2, 0) is 16.6 Å². The average Bonchev–Trinajstić information content (AvgIpc) is 3.36. The van der Waals surface area contributed by atoms with Crippen molar-refractivity contribution < 1.29 is 9.53 Å². The van der Waals surface area contributed by atoms with Crippen molar-refractivity contribution in [2.75, 3.05) is 60.0 Å². The molecule has 2 atom stereocenters. The molecule has 29 heavy (non-hydrogen) atoms. The van der Waals surface area contributed by atoms with Crippen molar-refractivity contribution in [3.05, 3.63) is 18.0 Å². The number of ether oxygens (including phenoxy) is 1. The molecule has 0 aliphatic carbocycles. The summed E-state index contributed by atoms with van der Waals surface area (Å²) in [6.07, 6.45) is 6.24. The Bertz CT molecular complexity index is 703. The first-order valence-corrected chi connectivity index (χ1v) is 10.6. The van der Waals surface area contributed by atoms with Gasteiger partial charge in [-0.25, -0.2) is 4.99 Å². The molecule has 9 nitrogen and oxygen atoms in total. The highest BCUT2D eigenvalue weighted by Crippen LogP contribution is 2.22. The Hall–Kier alpha value is -2.13. The maximum atomic E-state index is 12.1. The minimum Gasteiger partial charge on any atom is -0.370 e. The van der Waals surface area contributed by atoms with E-state index in [1.165, 1.54) is 12.8 Å². The number of carbonyl (C=O) groups excluding carboxylic acids is 1. The van der Waals surface area contributed by atoms with Gasteiger partial charge in [-0.1, -0.05) is 6.92 Å². The summed E-state index contributed by atoms with van der Waals surface area (Å²) in [4.78, 5) is 23.1. The van der Waals surface area contributed by atoms with E-state index in [1.807, 2.05) is 19.4 Å². The van der Waals surface area contributed by atoms with E-state index < -0.39 is 0 Å². The lowest BCUT2D eigenvalue weighted by Gasteiger charge is -2.35. The molecule has 2 fully saturated rings. The SMILES string of the molecule is CCN1CCCC1CNC(=NCC(=O)N(C)C)N1CCOC(c2cnn(C)c2)C1. The van der Waals surface area contributed by atoms with Crippen molar-refractivity contribution in [3.8, 4) is 0 Å². The van der Waals surface area contributed by atoms with E-state index in [4.69, 9.17) is 4.74 Å². The molecule has 0 spiro atoms. The molecule has 0 radical (unpaired) electrons. The third-order valence-corrected chi connectivity index (χ3v) is 5.73. The Labute approximate surface area is 173 Å². The van der Waals surface area contributed by atoms with Gasteiger partial charge in [-0.05, 0) is 25.9 Å². The Morgan fingerprint density at radius 2 is 2.24 bits per heavy atom. The first-order valence-electron chi connectivity index (χ1n) is 10.6. The molecule has 0 saturated carbocycles. The number of carbonyl (C=O) groups is 1. The fraction of sp³-hybridized carbons (Fsp3) is 0.750. The molecule has 2 aliphatic rings.